The van der Waals surface area contributed by atoms with Gasteiger partial charge in [0.2, 0.25) is 5.91 Å². The normalized spacial score (nSPS) is 21.1. The largest absolute Gasteiger partial charge is 0.355 e. The van der Waals surface area contributed by atoms with Gasteiger partial charge >= 0.3 is 0 Å². The number of hydrogen-bond donors (Lipinski definition) is 1. The second-order valence-corrected chi connectivity index (χ2v) is 6.30. The van der Waals surface area contributed by atoms with Gasteiger partial charge in [0.05, 0.1) is 0 Å². The molecule has 1 N–H and O–H groups in total. The predicted molar refractivity (Wildman–Crippen MR) is 63.7 cm³/mol. The van der Waals surface area contributed by atoms with E-state index in [1.165, 1.54) is 32.1 Å². The second-order valence-electron chi connectivity index (χ2n) is 6.30. The van der Waals surface area contributed by atoms with Crippen molar-refractivity contribution in [2.24, 2.45) is 10.8 Å². The predicted octanol–water partition coefficient (Wildman–Crippen LogP) is 3.12. The fraction of sp³-hybridized carbons (Fsp3) is 0.923. The Labute approximate surface area is 93.8 Å². The summed E-state index contributed by atoms with van der Waals surface area (Å²) in [6.45, 7) is 9.04. The summed E-state index contributed by atoms with van der Waals surface area (Å²) in [6, 6.07) is 0. The molecule has 1 aliphatic carbocycles. The summed E-state index contributed by atoms with van der Waals surface area (Å²) < 4.78 is 0. The number of rotatable bonds is 2. The number of carbonyl (C=O) groups is 1. The average molecular weight is 211 g/mol. The molecule has 88 valence electrons. The van der Waals surface area contributed by atoms with Crippen LogP contribution in [0, 0.1) is 10.8 Å². The zero-order chi connectivity index (χ0) is 11.5. The van der Waals surface area contributed by atoms with E-state index >= 15 is 0 Å². The van der Waals surface area contributed by atoms with Gasteiger partial charge in [-0.3, -0.25) is 4.79 Å². The number of nitrogens with one attached hydrogen (secondary N) is 1. The molecular formula is C13H25NO. The molecule has 1 rings (SSSR count). The van der Waals surface area contributed by atoms with Crippen molar-refractivity contribution in [3.63, 3.8) is 0 Å². The van der Waals surface area contributed by atoms with Crippen molar-refractivity contribution in [2.45, 2.75) is 59.8 Å². The van der Waals surface area contributed by atoms with Crippen LogP contribution < -0.4 is 5.32 Å². The van der Waals surface area contributed by atoms with E-state index in [1.807, 2.05) is 20.8 Å². The highest BCUT2D eigenvalue weighted by molar-refractivity contribution is 5.81. The van der Waals surface area contributed by atoms with Gasteiger partial charge in [-0.2, -0.15) is 0 Å². The van der Waals surface area contributed by atoms with E-state index in [2.05, 4.69) is 12.2 Å². The minimum Gasteiger partial charge on any atom is -0.355 e. The SMILES string of the molecule is CC1(CNC(=O)C(C)(C)C)CCCCC1. The molecule has 15 heavy (non-hydrogen) atoms. The molecule has 0 spiro atoms. The molecule has 0 saturated heterocycles. The first kappa shape index (κ1) is 12.5. The van der Waals surface area contributed by atoms with E-state index in [4.69, 9.17) is 0 Å². The highest BCUT2D eigenvalue weighted by atomic mass is 16.2. The third kappa shape index (κ3) is 3.84. The summed E-state index contributed by atoms with van der Waals surface area (Å²) >= 11 is 0. The maximum Gasteiger partial charge on any atom is 0.225 e. The van der Waals surface area contributed by atoms with E-state index in [0.717, 1.165) is 6.54 Å². The van der Waals surface area contributed by atoms with Crippen molar-refractivity contribution in [1.82, 2.24) is 5.32 Å². The monoisotopic (exact) mass is 211 g/mol. The summed E-state index contributed by atoms with van der Waals surface area (Å²) in [6.07, 6.45) is 6.53. The van der Waals surface area contributed by atoms with E-state index in [1.54, 1.807) is 0 Å². The third-order valence-corrected chi connectivity index (χ3v) is 3.42. The summed E-state index contributed by atoms with van der Waals surface area (Å²) in [5.74, 6) is 0.175. The number of hydrogen-bond acceptors (Lipinski definition) is 1. The zero-order valence-electron chi connectivity index (χ0n) is 10.7. The molecule has 0 atom stereocenters. The second kappa shape index (κ2) is 4.54. The number of carbonyl (C=O) groups excluding carboxylic acids is 1. The minimum absolute atomic E-state index is 0.175. The van der Waals surface area contributed by atoms with Crippen molar-refractivity contribution < 1.29 is 4.79 Å². The van der Waals surface area contributed by atoms with Gasteiger partial charge in [-0.15, -0.1) is 0 Å². The summed E-state index contributed by atoms with van der Waals surface area (Å²) in [5.41, 5.74) is 0.0875. The molecule has 1 saturated carbocycles. The minimum atomic E-state index is -0.259. The summed E-state index contributed by atoms with van der Waals surface area (Å²) in [5, 5.41) is 3.09. The van der Waals surface area contributed by atoms with Crippen LogP contribution in [-0.2, 0) is 4.79 Å². The van der Waals surface area contributed by atoms with Crippen molar-refractivity contribution in [1.29, 1.82) is 0 Å². The smallest absolute Gasteiger partial charge is 0.225 e. The quantitative estimate of drug-likeness (QED) is 0.747. The Hall–Kier alpha value is -0.530. The van der Waals surface area contributed by atoms with Gasteiger partial charge in [-0.1, -0.05) is 47.0 Å². The van der Waals surface area contributed by atoms with Crippen molar-refractivity contribution in [3.05, 3.63) is 0 Å². The van der Waals surface area contributed by atoms with Crippen molar-refractivity contribution in [3.8, 4) is 0 Å². The third-order valence-electron chi connectivity index (χ3n) is 3.42. The lowest BCUT2D eigenvalue weighted by molar-refractivity contribution is -0.129. The van der Waals surface area contributed by atoms with Gasteiger partial charge in [-0.05, 0) is 18.3 Å². The van der Waals surface area contributed by atoms with Gasteiger partial charge < -0.3 is 5.32 Å². The van der Waals surface area contributed by atoms with Gasteiger partial charge in [0, 0.05) is 12.0 Å². The van der Waals surface area contributed by atoms with Crippen LogP contribution in [0.4, 0.5) is 0 Å². The fourth-order valence-corrected chi connectivity index (χ4v) is 2.14. The van der Waals surface area contributed by atoms with Crippen LogP contribution in [0.1, 0.15) is 59.8 Å². The van der Waals surface area contributed by atoms with Crippen molar-refractivity contribution >= 4 is 5.91 Å². The molecule has 0 unspecified atom stereocenters. The Morgan fingerprint density at radius 1 is 1.20 bits per heavy atom. The standard InChI is InChI=1S/C13H25NO/c1-12(2,3)11(15)14-10-13(4)8-6-5-7-9-13/h5-10H2,1-4H3,(H,14,15). The van der Waals surface area contributed by atoms with E-state index < -0.39 is 0 Å². The van der Waals surface area contributed by atoms with Crippen LogP contribution in [0.25, 0.3) is 0 Å². The Bertz CT molecular complexity index is 221. The van der Waals surface area contributed by atoms with Gasteiger partial charge in [-0.25, -0.2) is 0 Å². The molecule has 1 amide bonds. The van der Waals surface area contributed by atoms with Gasteiger partial charge in [0.25, 0.3) is 0 Å². The van der Waals surface area contributed by atoms with Crippen LogP contribution >= 0.6 is 0 Å². The molecule has 0 aromatic rings. The topological polar surface area (TPSA) is 29.1 Å². The van der Waals surface area contributed by atoms with Crippen LogP contribution in [0.5, 0.6) is 0 Å². The first-order valence-electron chi connectivity index (χ1n) is 6.12. The Morgan fingerprint density at radius 3 is 2.20 bits per heavy atom. The Balaban J connectivity index is 2.38. The first-order valence-corrected chi connectivity index (χ1v) is 6.12. The van der Waals surface area contributed by atoms with Gasteiger partial charge in [0.15, 0.2) is 0 Å². The molecule has 1 fully saturated rings. The summed E-state index contributed by atoms with van der Waals surface area (Å²) in [4.78, 5) is 11.7. The van der Waals surface area contributed by atoms with Gasteiger partial charge in [0.1, 0.15) is 0 Å². The van der Waals surface area contributed by atoms with Crippen LogP contribution in [0.3, 0.4) is 0 Å². The molecule has 0 bridgehead atoms. The Kier molecular flexibility index (Phi) is 3.80. The Morgan fingerprint density at radius 2 is 1.73 bits per heavy atom. The molecule has 0 aromatic carbocycles. The molecular weight excluding hydrogens is 186 g/mol. The highest BCUT2D eigenvalue weighted by Crippen LogP contribution is 2.35. The molecule has 1 aliphatic rings. The lowest BCUT2D eigenvalue weighted by Crippen LogP contribution is -2.41. The lowest BCUT2D eigenvalue weighted by atomic mass is 9.75. The molecule has 2 nitrogen and oxygen atoms in total. The average Bonchev–Trinajstić information content (AvgIpc) is 2.14. The summed E-state index contributed by atoms with van der Waals surface area (Å²) in [7, 11) is 0. The molecule has 0 aliphatic heterocycles. The fourth-order valence-electron chi connectivity index (χ4n) is 2.14. The molecule has 2 heteroatoms. The van der Waals surface area contributed by atoms with E-state index in [-0.39, 0.29) is 11.3 Å². The molecule has 0 radical (unpaired) electrons. The molecule has 0 aromatic heterocycles. The van der Waals surface area contributed by atoms with Crippen molar-refractivity contribution in [2.75, 3.05) is 6.54 Å². The number of amides is 1. The van der Waals surface area contributed by atoms with Crippen LogP contribution in [0.15, 0.2) is 0 Å². The zero-order valence-corrected chi connectivity index (χ0v) is 10.7. The maximum absolute atomic E-state index is 11.7. The molecule has 0 heterocycles. The van der Waals surface area contributed by atoms with E-state index in [9.17, 15) is 4.79 Å². The van der Waals surface area contributed by atoms with Crippen LogP contribution in [-0.4, -0.2) is 12.5 Å². The highest BCUT2D eigenvalue weighted by Gasteiger charge is 2.29. The van der Waals surface area contributed by atoms with Crippen LogP contribution in [0.2, 0.25) is 0 Å². The lowest BCUT2D eigenvalue weighted by Gasteiger charge is -2.34. The first-order chi connectivity index (χ1) is 6.83. The maximum atomic E-state index is 11.7. The van der Waals surface area contributed by atoms with E-state index in [0.29, 0.717) is 5.41 Å².